The zero-order chi connectivity index (χ0) is 24.7. The van der Waals surface area contributed by atoms with Crippen molar-refractivity contribution in [3.63, 3.8) is 0 Å². The molecule has 0 saturated carbocycles. The Hall–Kier alpha value is -3.26. The van der Waals surface area contributed by atoms with Crippen molar-refractivity contribution in [3.05, 3.63) is 53.6 Å². The summed E-state index contributed by atoms with van der Waals surface area (Å²) < 4.78 is 22.6. The van der Waals surface area contributed by atoms with Crippen LogP contribution in [-0.2, 0) is 16.1 Å². The summed E-state index contributed by atoms with van der Waals surface area (Å²) in [5, 5.41) is 0. The SMILES string of the molecule is CCOc1cc(CN2CCC(Oc3cccc(C(=O)OC)c3)C2)ccc1OC(C)C(=O)N(C)C. The number of amides is 1. The van der Waals surface area contributed by atoms with Crippen LogP contribution in [0.5, 0.6) is 17.2 Å². The predicted molar refractivity (Wildman–Crippen MR) is 128 cm³/mol. The van der Waals surface area contributed by atoms with Crippen molar-refractivity contribution in [3.8, 4) is 17.2 Å². The monoisotopic (exact) mass is 470 g/mol. The molecule has 1 aliphatic heterocycles. The summed E-state index contributed by atoms with van der Waals surface area (Å²) in [5.74, 6) is 1.37. The van der Waals surface area contributed by atoms with E-state index in [1.807, 2.05) is 31.2 Å². The second-order valence-corrected chi connectivity index (χ2v) is 8.49. The van der Waals surface area contributed by atoms with Gasteiger partial charge in [-0.15, -0.1) is 0 Å². The van der Waals surface area contributed by atoms with Crippen molar-refractivity contribution in [2.45, 2.75) is 39.0 Å². The normalized spacial score (nSPS) is 16.6. The molecule has 2 aromatic carbocycles. The Kier molecular flexibility index (Phi) is 8.76. The van der Waals surface area contributed by atoms with Crippen LogP contribution in [0.25, 0.3) is 0 Å². The van der Waals surface area contributed by atoms with Gasteiger partial charge in [0.25, 0.3) is 5.91 Å². The molecule has 0 aliphatic carbocycles. The van der Waals surface area contributed by atoms with Crippen LogP contribution in [0.4, 0.5) is 0 Å². The highest BCUT2D eigenvalue weighted by Gasteiger charge is 2.25. The highest BCUT2D eigenvalue weighted by atomic mass is 16.5. The summed E-state index contributed by atoms with van der Waals surface area (Å²) in [6.45, 7) is 6.57. The third kappa shape index (κ3) is 6.63. The number of ether oxygens (including phenoxy) is 4. The van der Waals surface area contributed by atoms with Crippen molar-refractivity contribution in [2.75, 3.05) is 40.9 Å². The van der Waals surface area contributed by atoms with Gasteiger partial charge in [-0.3, -0.25) is 9.69 Å². The number of esters is 1. The Morgan fingerprint density at radius 2 is 1.94 bits per heavy atom. The van der Waals surface area contributed by atoms with Gasteiger partial charge in [-0.1, -0.05) is 12.1 Å². The summed E-state index contributed by atoms with van der Waals surface area (Å²) in [7, 11) is 4.78. The summed E-state index contributed by atoms with van der Waals surface area (Å²) >= 11 is 0. The minimum atomic E-state index is -0.603. The standard InChI is InChI=1S/C26H34N2O6/c1-6-32-24-14-19(10-11-23(24)33-18(2)25(29)27(3)4)16-28-13-12-22(17-28)34-21-9-7-8-20(15-21)26(30)31-5/h7-11,14-15,18,22H,6,12-13,16-17H2,1-5H3. The van der Waals surface area contributed by atoms with Gasteiger partial charge in [0.05, 0.1) is 19.3 Å². The lowest BCUT2D eigenvalue weighted by molar-refractivity contribution is -0.135. The van der Waals surface area contributed by atoms with E-state index in [-0.39, 0.29) is 18.0 Å². The van der Waals surface area contributed by atoms with E-state index in [0.29, 0.717) is 29.4 Å². The molecular formula is C26H34N2O6. The molecule has 2 atom stereocenters. The molecule has 1 heterocycles. The minimum absolute atomic E-state index is 0.0414. The van der Waals surface area contributed by atoms with E-state index in [4.69, 9.17) is 18.9 Å². The zero-order valence-corrected chi connectivity index (χ0v) is 20.6. The topological polar surface area (TPSA) is 77.5 Å². The van der Waals surface area contributed by atoms with Crippen LogP contribution < -0.4 is 14.2 Å². The minimum Gasteiger partial charge on any atom is -0.490 e. The molecule has 2 unspecified atom stereocenters. The number of likely N-dealkylation sites (N-methyl/N-ethyl adjacent to an activating group) is 1. The number of carbonyl (C=O) groups excluding carboxylic acids is 2. The summed E-state index contributed by atoms with van der Waals surface area (Å²) in [6, 6.07) is 12.9. The lowest BCUT2D eigenvalue weighted by Crippen LogP contribution is -2.35. The largest absolute Gasteiger partial charge is 0.490 e. The first-order valence-electron chi connectivity index (χ1n) is 11.5. The van der Waals surface area contributed by atoms with Gasteiger partial charge in [-0.2, -0.15) is 0 Å². The van der Waals surface area contributed by atoms with E-state index < -0.39 is 6.10 Å². The number of carbonyl (C=O) groups is 2. The molecule has 2 aromatic rings. The van der Waals surface area contributed by atoms with Crippen LogP contribution in [0.1, 0.15) is 36.2 Å². The molecule has 34 heavy (non-hydrogen) atoms. The van der Waals surface area contributed by atoms with Crippen molar-refractivity contribution >= 4 is 11.9 Å². The first kappa shape index (κ1) is 25.4. The van der Waals surface area contributed by atoms with E-state index >= 15 is 0 Å². The summed E-state index contributed by atoms with van der Waals surface area (Å²) in [5.41, 5.74) is 1.57. The van der Waals surface area contributed by atoms with Crippen LogP contribution >= 0.6 is 0 Å². The Bertz CT molecular complexity index is 993. The third-order valence-electron chi connectivity index (χ3n) is 5.59. The third-order valence-corrected chi connectivity index (χ3v) is 5.59. The van der Waals surface area contributed by atoms with Crippen molar-refractivity contribution in [1.82, 2.24) is 9.80 Å². The number of benzene rings is 2. The van der Waals surface area contributed by atoms with Gasteiger partial charge < -0.3 is 23.8 Å². The predicted octanol–water partition coefficient (Wildman–Crippen LogP) is 3.38. The molecule has 184 valence electrons. The molecule has 1 amide bonds. The molecular weight excluding hydrogens is 436 g/mol. The van der Waals surface area contributed by atoms with Crippen molar-refractivity contribution in [1.29, 1.82) is 0 Å². The van der Waals surface area contributed by atoms with Gasteiger partial charge in [0, 0.05) is 33.7 Å². The van der Waals surface area contributed by atoms with Gasteiger partial charge in [0.2, 0.25) is 0 Å². The maximum atomic E-state index is 12.2. The van der Waals surface area contributed by atoms with Crippen molar-refractivity contribution < 1.29 is 28.5 Å². The fraction of sp³-hybridized carbons (Fsp3) is 0.462. The average molecular weight is 471 g/mol. The van der Waals surface area contributed by atoms with E-state index in [1.165, 1.54) is 12.0 Å². The van der Waals surface area contributed by atoms with E-state index in [0.717, 1.165) is 31.6 Å². The van der Waals surface area contributed by atoms with Crippen LogP contribution in [0.15, 0.2) is 42.5 Å². The van der Waals surface area contributed by atoms with Gasteiger partial charge in [0.15, 0.2) is 17.6 Å². The molecule has 1 saturated heterocycles. The number of rotatable bonds is 10. The van der Waals surface area contributed by atoms with Gasteiger partial charge >= 0.3 is 5.97 Å². The highest BCUT2D eigenvalue weighted by Crippen LogP contribution is 2.31. The van der Waals surface area contributed by atoms with Crippen LogP contribution in [-0.4, -0.2) is 74.8 Å². The molecule has 1 fully saturated rings. The molecule has 0 aromatic heterocycles. The molecule has 0 N–H and O–H groups in total. The van der Waals surface area contributed by atoms with Gasteiger partial charge in [-0.25, -0.2) is 4.79 Å². The molecule has 0 bridgehead atoms. The Morgan fingerprint density at radius 3 is 2.65 bits per heavy atom. The number of hydrogen-bond donors (Lipinski definition) is 0. The van der Waals surface area contributed by atoms with Gasteiger partial charge in [0.1, 0.15) is 11.9 Å². The van der Waals surface area contributed by atoms with Crippen molar-refractivity contribution in [2.24, 2.45) is 0 Å². The zero-order valence-electron chi connectivity index (χ0n) is 20.6. The van der Waals surface area contributed by atoms with E-state index in [1.54, 1.807) is 39.2 Å². The average Bonchev–Trinajstić information content (AvgIpc) is 3.26. The van der Waals surface area contributed by atoms with Crippen LogP contribution in [0, 0.1) is 0 Å². The Labute approximate surface area is 201 Å². The maximum absolute atomic E-state index is 12.2. The van der Waals surface area contributed by atoms with Gasteiger partial charge in [-0.05, 0) is 56.2 Å². The quantitative estimate of drug-likeness (QED) is 0.493. The molecule has 1 aliphatic rings. The molecule has 8 nitrogen and oxygen atoms in total. The second kappa shape index (κ2) is 11.7. The van der Waals surface area contributed by atoms with E-state index in [9.17, 15) is 9.59 Å². The second-order valence-electron chi connectivity index (χ2n) is 8.49. The molecule has 3 rings (SSSR count). The first-order chi connectivity index (χ1) is 16.3. The smallest absolute Gasteiger partial charge is 0.337 e. The number of hydrogen-bond acceptors (Lipinski definition) is 7. The Morgan fingerprint density at radius 1 is 1.15 bits per heavy atom. The number of nitrogens with zero attached hydrogens (tertiary/aromatic N) is 2. The lowest BCUT2D eigenvalue weighted by atomic mass is 10.2. The number of likely N-dealkylation sites (tertiary alicyclic amines) is 1. The van der Waals surface area contributed by atoms with Crippen LogP contribution in [0.2, 0.25) is 0 Å². The lowest BCUT2D eigenvalue weighted by Gasteiger charge is -2.21. The summed E-state index contributed by atoms with van der Waals surface area (Å²) in [6.07, 6.45) is 0.334. The fourth-order valence-corrected chi connectivity index (χ4v) is 3.92. The first-order valence-corrected chi connectivity index (χ1v) is 11.5. The maximum Gasteiger partial charge on any atom is 0.337 e. The van der Waals surface area contributed by atoms with E-state index in [2.05, 4.69) is 4.90 Å². The Balaban J connectivity index is 1.61. The summed E-state index contributed by atoms with van der Waals surface area (Å²) in [4.78, 5) is 27.7. The molecule has 0 spiro atoms. The fourth-order valence-electron chi connectivity index (χ4n) is 3.92. The number of methoxy groups -OCH3 is 1. The molecule has 8 heteroatoms. The molecule has 0 radical (unpaired) electrons. The highest BCUT2D eigenvalue weighted by molar-refractivity contribution is 5.89. The van der Waals surface area contributed by atoms with Crippen LogP contribution in [0.3, 0.4) is 0 Å².